The second kappa shape index (κ2) is 8.30. The van der Waals surface area contributed by atoms with Crippen LogP contribution in [0.3, 0.4) is 0 Å². The van der Waals surface area contributed by atoms with E-state index in [2.05, 4.69) is 15.1 Å². The van der Waals surface area contributed by atoms with Gasteiger partial charge in [-0.15, -0.1) is 0 Å². The third-order valence-corrected chi connectivity index (χ3v) is 4.31. The van der Waals surface area contributed by atoms with Gasteiger partial charge in [-0.05, 0) is 23.4 Å². The van der Waals surface area contributed by atoms with E-state index < -0.39 is 11.5 Å². The van der Waals surface area contributed by atoms with Crippen LogP contribution in [0.4, 0.5) is 0 Å². The molecule has 1 fully saturated rings. The van der Waals surface area contributed by atoms with Crippen LogP contribution in [0.5, 0.6) is 0 Å². The summed E-state index contributed by atoms with van der Waals surface area (Å²) < 4.78 is 4.74. The molecule has 0 aliphatic heterocycles. The number of rotatable bonds is 9. The molecule has 9 nitrogen and oxygen atoms in total. The van der Waals surface area contributed by atoms with Crippen molar-refractivity contribution in [3.8, 4) is 0 Å². The molecule has 3 atom stereocenters. The van der Waals surface area contributed by atoms with Crippen molar-refractivity contribution >= 4 is 12.0 Å². The number of esters is 1. The summed E-state index contributed by atoms with van der Waals surface area (Å²) in [7, 11) is 1.28. The van der Waals surface area contributed by atoms with Crippen molar-refractivity contribution in [3.05, 3.63) is 46.3 Å². The largest absolute Gasteiger partial charge is 0.469 e. The molecule has 3 unspecified atom stereocenters. The third-order valence-electron chi connectivity index (χ3n) is 4.31. The second-order valence-electron chi connectivity index (χ2n) is 5.84. The summed E-state index contributed by atoms with van der Waals surface area (Å²) in [6.45, 7) is 1.90. The summed E-state index contributed by atoms with van der Waals surface area (Å²) >= 11 is 0. The molecule has 1 aromatic carbocycles. The summed E-state index contributed by atoms with van der Waals surface area (Å²) in [6.07, 6.45) is 1.89. The molecule has 9 heteroatoms. The minimum Gasteiger partial charge on any atom is -0.469 e. The summed E-state index contributed by atoms with van der Waals surface area (Å²) in [6, 6.07) is 8.94. The number of methoxy groups -OCH3 is 1. The fourth-order valence-electron chi connectivity index (χ4n) is 2.92. The lowest BCUT2D eigenvalue weighted by molar-refractivity contribution is -0.214. The monoisotopic (exact) mass is 345 g/mol. The minimum atomic E-state index is -0.896. The number of hydroxylamine groups is 1. The van der Waals surface area contributed by atoms with Crippen LogP contribution in [0.1, 0.15) is 25.3 Å². The molecule has 0 N–H and O–H groups in total. The lowest BCUT2D eigenvalue weighted by Gasteiger charge is -2.28. The fourth-order valence-corrected chi connectivity index (χ4v) is 2.92. The van der Waals surface area contributed by atoms with Gasteiger partial charge in [-0.2, -0.15) is 5.17 Å². The van der Waals surface area contributed by atoms with Crippen molar-refractivity contribution in [2.45, 2.75) is 38.0 Å². The lowest BCUT2D eigenvalue weighted by atomic mass is 10.1. The molecule has 0 spiro atoms. The van der Waals surface area contributed by atoms with Crippen LogP contribution in [-0.4, -0.2) is 35.9 Å². The van der Waals surface area contributed by atoms with Crippen molar-refractivity contribution in [1.82, 2.24) is 5.17 Å². The minimum absolute atomic E-state index is 0.0422. The standard InChI is InChI=1S/C16H19N5O4/c1-12(19-20-17)14-8-16(14,9-15(23)24-2)21(18-11-22)25-10-13-6-4-3-5-7-13/h3-7,12,14H,8-10H2,1-2H3. The molecule has 0 saturated heterocycles. The zero-order valence-corrected chi connectivity index (χ0v) is 14.0. The molecule has 25 heavy (non-hydrogen) atoms. The van der Waals surface area contributed by atoms with Crippen molar-refractivity contribution in [2.75, 3.05) is 7.11 Å². The maximum absolute atomic E-state index is 11.8. The number of hydrogen-bond donors (Lipinski definition) is 0. The van der Waals surface area contributed by atoms with Gasteiger partial charge >= 0.3 is 5.97 Å². The Morgan fingerprint density at radius 2 is 2.24 bits per heavy atom. The van der Waals surface area contributed by atoms with E-state index in [-0.39, 0.29) is 25.0 Å². The van der Waals surface area contributed by atoms with E-state index in [1.165, 1.54) is 13.2 Å². The quantitative estimate of drug-likeness (QED) is 0.130. The molecule has 0 amide bonds. The molecule has 1 aliphatic rings. The maximum atomic E-state index is 11.8. The van der Waals surface area contributed by atoms with E-state index in [1.54, 1.807) is 6.92 Å². The van der Waals surface area contributed by atoms with E-state index >= 15 is 0 Å². The van der Waals surface area contributed by atoms with Crippen molar-refractivity contribution in [1.29, 1.82) is 0 Å². The highest BCUT2D eigenvalue weighted by Crippen LogP contribution is 2.54. The highest BCUT2D eigenvalue weighted by atomic mass is 16.7. The van der Waals surface area contributed by atoms with Crippen molar-refractivity contribution in [2.24, 2.45) is 16.1 Å². The molecular formula is C16H19N5O4. The summed E-state index contributed by atoms with van der Waals surface area (Å²) in [5.74, 6) is -0.666. The van der Waals surface area contributed by atoms with Gasteiger partial charge < -0.3 is 4.74 Å². The topological polar surface area (TPSA) is 117 Å². The first kappa shape index (κ1) is 18.5. The van der Waals surface area contributed by atoms with Gasteiger partial charge in [0.05, 0.1) is 13.5 Å². The van der Waals surface area contributed by atoms with Crippen LogP contribution in [0.25, 0.3) is 10.4 Å². The van der Waals surface area contributed by atoms with Crippen LogP contribution in [-0.2, 0) is 25.8 Å². The van der Waals surface area contributed by atoms with Gasteiger partial charge in [0, 0.05) is 11.0 Å². The summed E-state index contributed by atoms with van der Waals surface area (Å²) in [5, 5.41) is 8.41. The average Bonchev–Trinajstić information content (AvgIpc) is 3.34. The van der Waals surface area contributed by atoms with Crippen LogP contribution < -0.4 is 0 Å². The van der Waals surface area contributed by atoms with Gasteiger partial charge in [-0.1, -0.05) is 47.5 Å². The molecule has 1 saturated carbocycles. The molecule has 0 radical (unpaired) electrons. The number of benzene rings is 1. The fraction of sp³-hybridized carbons (Fsp3) is 0.500. The number of isocyanates is 1. The van der Waals surface area contributed by atoms with Gasteiger partial charge in [-0.25, -0.2) is 4.79 Å². The van der Waals surface area contributed by atoms with Gasteiger partial charge in [0.25, 0.3) is 6.08 Å². The Morgan fingerprint density at radius 1 is 1.52 bits per heavy atom. The van der Waals surface area contributed by atoms with E-state index in [0.717, 1.165) is 10.7 Å². The Kier molecular flexibility index (Phi) is 6.14. The predicted octanol–water partition coefficient (Wildman–Crippen LogP) is 2.69. The molecule has 0 heterocycles. The van der Waals surface area contributed by atoms with Crippen LogP contribution in [0, 0.1) is 5.92 Å². The second-order valence-corrected chi connectivity index (χ2v) is 5.84. The average molecular weight is 345 g/mol. The van der Waals surface area contributed by atoms with Crippen molar-refractivity contribution < 1.29 is 19.2 Å². The van der Waals surface area contributed by atoms with E-state index in [4.69, 9.17) is 15.1 Å². The number of nitrogens with zero attached hydrogens (tertiary/aromatic N) is 5. The molecule has 1 aromatic rings. The summed E-state index contributed by atoms with van der Waals surface area (Å²) in [5.41, 5.74) is 8.62. The van der Waals surface area contributed by atoms with Crippen LogP contribution in [0.2, 0.25) is 0 Å². The Morgan fingerprint density at radius 3 is 2.84 bits per heavy atom. The lowest BCUT2D eigenvalue weighted by Crippen LogP contribution is -2.39. The first-order chi connectivity index (χ1) is 12.1. The van der Waals surface area contributed by atoms with E-state index in [9.17, 15) is 9.59 Å². The maximum Gasteiger partial charge on any atom is 0.308 e. The van der Waals surface area contributed by atoms with E-state index in [1.807, 2.05) is 30.3 Å². The van der Waals surface area contributed by atoms with Crippen molar-refractivity contribution in [3.63, 3.8) is 0 Å². The molecule has 132 valence electrons. The van der Waals surface area contributed by atoms with Gasteiger partial charge in [0.1, 0.15) is 12.1 Å². The van der Waals surface area contributed by atoms with Gasteiger partial charge in [0.2, 0.25) is 0 Å². The zero-order valence-electron chi connectivity index (χ0n) is 14.0. The summed E-state index contributed by atoms with van der Waals surface area (Å²) in [4.78, 5) is 31.1. The van der Waals surface area contributed by atoms with Crippen LogP contribution in [0.15, 0.2) is 40.5 Å². The SMILES string of the molecule is COC(=O)CC1(N(N=C=O)OCc2ccccc2)CC1C(C)N=[N+]=[N-]. The number of hydrazone groups is 1. The highest BCUT2D eigenvalue weighted by Gasteiger charge is 2.63. The molecule has 1 aliphatic carbocycles. The normalized spacial score (nSPS) is 22.1. The van der Waals surface area contributed by atoms with Gasteiger partial charge in [-0.3, -0.25) is 9.63 Å². The highest BCUT2D eigenvalue weighted by molar-refractivity contribution is 5.71. The number of hydrogen-bond acceptors (Lipinski definition) is 7. The third kappa shape index (κ3) is 4.36. The molecule has 2 rings (SSSR count). The van der Waals surface area contributed by atoms with Gasteiger partial charge in [0.15, 0.2) is 0 Å². The Hall–Kier alpha value is -2.86. The zero-order chi connectivity index (χ0) is 18.3. The smallest absolute Gasteiger partial charge is 0.308 e. The Bertz CT molecular complexity index is 700. The number of ether oxygens (including phenoxy) is 1. The number of carbonyl (C=O) groups is 1. The predicted molar refractivity (Wildman–Crippen MR) is 87.3 cm³/mol. The number of azide groups is 1. The number of carbonyl (C=O) groups excluding carboxylic acids is 2. The first-order valence-corrected chi connectivity index (χ1v) is 7.73. The Balaban J connectivity index is 2.21. The Labute approximate surface area is 144 Å². The first-order valence-electron chi connectivity index (χ1n) is 7.73. The van der Waals surface area contributed by atoms with E-state index in [0.29, 0.717) is 6.42 Å². The van der Waals surface area contributed by atoms with Crippen LogP contribution >= 0.6 is 0 Å². The molecular weight excluding hydrogens is 326 g/mol. The molecule has 0 bridgehead atoms. The molecule has 0 aromatic heterocycles.